The fourth-order valence-electron chi connectivity index (χ4n) is 2.97. The van der Waals surface area contributed by atoms with Crippen molar-refractivity contribution in [3.8, 4) is 0 Å². The summed E-state index contributed by atoms with van der Waals surface area (Å²) >= 11 is 23.7. The number of carbonyl (C=O) groups excluding carboxylic acids is 1. The number of anilines is 1. The molecule has 3 rings (SSSR count). The molecule has 1 aromatic heterocycles. The Morgan fingerprint density at radius 1 is 0.897 bits per heavy atom. The highest BCUT2D eigenvalue weighted by molar-refractivity contribution is 7.89. The molecule has 1 aliphatic heterocycles. The minimum Gasteiger partial charge on any atom is -0.321 e. The van der Waals surface area contributed by atoms with Gasteiger partial charge in [0.05, 0.1) is 20.0 Å². The van der Waals surface area contributed by atoms with Gasteiger partial charge in [-0.2, -0.15) is 4.31 Å². The summed E-state index contributed by atoms with van der Waals surface area (Å²) in [6.07, 6.45) is 3.78. The number of rotatable bonds is 4. The molecule has 2 aromatic rings. The molecule has 0 radical (unpaired) electrons. The smallest absolute Gasteiger partial charge is 0.275 e. The molecule has 0 bridgehead atoms. The third-order valence-electron chi connectivity index (χ3n) is 4.51. The van der Waals surface area contributed by atoms with Crippen LogP contribution in [0.5, 0.6) is 0 Å². The van der Waals surface area contributed by atoms with Crippen LogP contribution >= 0.6 is 46.4 Å². The maximum atomic E-state index is 12.8. The molecule has 0 aliphatic carbocycles. The number of carbonyl (C=O) groups is 1. The normalized spacial score (nSPS) is 15.7. The van der Waals surface area contributed by atoms with E-state index in [4.69, 9.17) is 46.4 Å². The largest absolute Gasteiger partial charge is 0.321 e. The zero-order valence-electron chi connectivity index (χ0n) is 15.1. The van der Waals surface area contributed by atoms with Crippen LogP contribution in [0.15, 0.2) is 29.2 Å². The summed E-state index contributed by atoms with van der Waals surface area (Å²) in [5.41, 5.74) is 0.178. The Morgan fingerprint density at radius 3 is 2.07 bits per heavy atom. The molecular weight excluding hydrogens is 480 g/mol. The van der Waals surface area contributed by atoms with Crippen LogP contribution in [0.3, 0.4) is 0 Å². The van der Waals surface area contributed by atoms with Crippen molar-refractivity contribution in [3.63, 3.8) is 0 Å². The highest BCUT2D eigenvalue weighted by atomic mass is 35.5. The van der Waals surface area contributed by atoms with Gasteiger partial charge < -0.3 is 5.32 Å². The SMILES string of the molecule is O=C(Nc1ccc(S(=O)(=O)N2CCCCCC2)cc1)c1nc(Cl)c(Cl)c(Cl)c1Cl. The van der Waals surface area contributed by atoms with Crippen LogP contribution in [0.1, 0.15) is 36.2 Å². The second kappa shape index (κ2) is 9.37. The van der Waals surface area contributed by atoms with Crippen LogP contribution in [0, 0.1) is 0 Å². The lowest BCUT2D eigenvalue weighted by Crippen LogP contribution is -2.31. The molecule has 156 valence electrons. The highest BCUT2D eigenvalue weighted by Gasteiger charge is 2.25. The van der Waals surface area contributed by atoms with Gasteiger partial charge in [-0.05, 0) is 37.1 Å². The number of hydrogen-bond donors (Lipinski definition) is 1. The number of hydrogen-bond acceptors (Lipinski definition) is 4. The standard InChI is InChI=1S/C18H17Cl4N3O3S/c19-13-14(20)16(24-17(22)15(13)21)18(26)23-11-5-7-12(8-6-11)29(27,28)25-9-3-1-2-4-10-25/h5-8H,1-4,9-10H2,(H,23,26). The summed E-state index contributed by atoms with van der Waals surface area (Å²) in [5, 5.41) is 2.20. The number of nitrogens with one attached hydrogen (secondary N) is 1. The topological polar surface area (TPSA) is 79.4 Å². The van der Waals surface area contributed by atoms with Crippen LogP contribution in [0.25, 0.3) is 0 Å². The number of amides is 1. The van der Waals surface area contributed by atoms with Gasteiger partial charge in [-0.15, -0.1) is 0 Å². The molecule has 1 fully saturated rings. The van der Waals surface area contributed by atoms with E-state index < -0.39 is 15.9 Å². The van der Waals surface area contributed by atoms with Crippen LogP contribution in [-0.2, 0) is 10.0 Å². The first-order valence-corrected chi connectivity index (χ1v) is 11.8. The summed E-state index contributed by atoms with van der Waals surface area (Å²) in [5.74, 6) is -0.654. The van der Waals surface area contributed by atoms with E-state index in [1.54, 1.807) is 0 Å². The van der Waals surface area contributed by atoms with Gasteiger partial charge in [-0.25, -0.2) is 13.4 Å². The molecule has 29 heavy (non-hydrogen) atoms. The summed E-state index contributed by atoms with van der Waals surface area (Å²) in [6, 6.07) is 5.89. The Balaban J connectivity index is 1.78. The predicted octanol–water partition coefficient (Wildman–Crippen LogP) is 5.51. The Labute approximate surface area is 189 Å². The van der Waals surface area contributed by atoms with E-state index in [-0.39, 0.29) is 30.8 Å². The second-order valence-electron chi connectivity index (χ2n) is 6.49. The number of aromatic nitrogens is 1. The number of pyridine rings is 1. The van der Waals surface area contributed by atoms with Crippen LogP contribution in [-0.4, -0.2) is 36.7 Å². The van der Waals surface area contributed by atoms with Crippen molar-refractivity contribution >= 4 is 68.0 Å². The van der Waals surface area contributed by atoms with Crippen LogP contribution in [0.4, 0.5) is 5.69 Å². The van der Waals surface area contributed by atoms with Crippen molar-refractivity contribution in [3.05, 3.63) is 50.2 Å². The molecule has 0 atom stereocenters. The minimum absolute atomic E-state index is 0.0436. The zero-order chi connectivity index (χ0) is 21.2. The molecule has 1 aliphatic rings. The Kier molecular flexibility index (Phi) is 7.30. The first kappa shape index (κ1) is 22.6. The minimum atomic E-state index is -3.57. The lowest BCUT2D eigenvalue weighted by atomic mass is 10.2. The van der Waals surface area contributed by atoms with Crippen molar-refractivity contribution in [1.82, 2.24) is 9.29 Å². The number of sulfonamides is 1. The van der Waals surface area contributed by atoms with Crippen molar-refractivity contribution in [2.75, 3.05) is 18.4 Å². The molecule has 0 spiro atoms. The van der Waals surface area contributed by atoms with E-state index >= 15 is 0 Å². The lowest BCUT2D eigenvalue weighted by Gasteiger charge is -2.20. The molecule has 1 amide bonds. The van der Waals surface area contributed by atoms with Gasteiger partial charge in [-0.3, -0.25) is 4.79 Å². The van der Waals surface area contributed by atoms with Crippen LogP contribution in [0.2, 0.25) is 20.2 Å². The van der Waals surface area contributed by atoms with Gasteiger partial charge in [0.25, 0.3) is 5.91 Å². The van der Waals surface area contributed by atoms with Gasteiger partial charge in [0.1, 0.15) is 10.8 Å². The Bertz CT molecular complexity index is 1020. The lowest BCUT2D eigenvalue weighted by molar-refractivity contribution is 0.102. The molecule has 1 saturated heterocycles. The molecule has 1 N–H and O–H groups in total. The van der Waals surface area contributed by atoms with Gasteiger partial charge in [0.2, 0.25) is 10.0 Å². The molecular formula is C18H17Cl4N3O3S. The van der Waals surface area contributed by atoms with E-state index in [0.717, 1.165) is 25.7 Å². The van der Waals surface area contributed by atoms with E-state index in [1.165, 1.54) is 28.6 Å². The van der Waals surface area contributed by atoms with Crippen molar-refractivity contribution in [1.29, 1.82) is 0 Å². The number of nitrogens with zero attached hydrogens (tertiary/aromatic N) is 2. The summed E-state index contributed by atoms with van der Waals surface area (Å²) < 4.78 is 27.1. The monoisotopic (exact) mass is 495 g/mol. The van der Waals surface area contributed by atoms with E-state index in [1.807, 2.05) is 0 Å². The number of halogens is 4. The molecule has 0 saturated carbocycles. The molecule has 6 nitrogen and oxygen atoms in total. The van der Waals surface area contributed by atoms with Crippen molar-refractivity contribution < 1.29 is 13.2 Å². The highest BCUT2D eigenvalue weighted by Crippen LogP contribution is 2.36. The van der Waals surface area contributed by atoms with E-state index in [0.29, 0.717) is 18.8 Å². The van der Waals surface area contributed by atoms with Crippen LogP contribution < -0.4 is 5.32 Å². The summed E-state index contributed by atoms with van der Waals surface area (Å²) in [4.78, 5) is 16.5. The van der Waals surface area contributed by atoms with Crippen molar-refractivity contribution in [2.45, 2.75) is 30.6 Å². The second-order valence-corrected chi connectivity index (χ2v) is 9.92. The third-order valence-corrected chi connectivity index (χ3v) is 8.10. The van der Waals surface area contributed by atoms with Crippen molar-refractivity contribution in [2.24, 2.45) is 0 Å². The third kappa shape index (κ3) is 4.98. The fourth-order valence-corrected chi connectivity index (χ4v) is 5.30. The molecule has 1 aromatic carbocycles. The fraction of sp³-hybridized carbons (Fsp3) is 0.333. The first-order chi connectivity index (χ1) is 13.7. The van der Waals surface area contributed by atoms with Gasteiger partial charge in [0.15, 0.2) is 0 Å². The quantitative estimate of drug-likeness (QED) is 0.565. The molecule has 0 unspecified atom stereocenters. The summed E-state index contributed by atoms with van der Waals surface area (Å²) in [6.45, 7) is 1.03. The number of benzene rings is 1. The Hall–Kier alpha value is -1.09. The van der Waals surface area contributed by atoms with Gasteiger partial charge in [0, 0.05) is 18.8 Å². The van der Waals surface area contributed by atoms with Gasteiger partial charge >= 0.3 is 0 Å². The van der Waals surface area contributed by atoms with Gasteiger partial charge in [-0.1, -0.05) is 59.2 Å². The average Bonchev–Trinajstić information content (AvgIpc) is 2.99. The first-order valence-electron chi connectivity index (χ1n) is 8.83. The van der Waals surface area contributed by atoms with E-state index in [2.05, 4.69) is 10.3 Å². The predicted molar refractivity (Wildman–Crippen MR) is 116 cm³/mol. The average molecular weight is 497 g/mol. The molecule has 11 heteroatoms. The van der Waals surface area contributed by atoms with E-state index in [9.17, 15) is 13.2 Å². The maximum absolute atomic E-state index is 12.8. The zero-order valence-corrected chi connectivity index (χ0v) is 18.9. The Morgan fingerprint density at radius 2 is 1.48 bits per heavy atom. The molecule has 2 heterocycles. The summed E-state index contributed by atoms with van der Waals surface area (Å²) in [7, 11) is -3.57. The maximum Gasteiger partial charge on any atom is 0.275 e.